The number of rotatable bonds is 10. The number of halogens is 1. The van der Waals surface area contributed by atoms with Crippen LogP contribution in [-0.4, -0.2) is 33.5 Å². The number of nitrogens with zero attached hydrogens (tertiary/aromatic N) is 3. The van der Waals surface area contributed by atoms with Gasteiger partial charge in [-0.05, 0) is 55.8 Å². The number of ether oxygens (including phenoxy) is 2. The second kappa shape index (κ2) is 11.1. The maximum atomic E-state index is 12.2. The smallest absolute Gasteiger partial charge is 0.230 e. The third-order valence-corrected chi connectivity index (χ3v) is 5.75. The molecule has 0 saturated carbocycles. The van der Waals surface area contributed by atoms with Gasteiger partial charge < -0.3 is 19.4 Å². The van der Waals surface area contributed by atoms with E-state index < -0.39 is 0 Å². The summed E-state index contributed by atoms with van der Waals surface area (Å²) in [4.78, 5) is 12.2. The van der Waals surface area contributed by atoms with Crippen molar-refractivity contribution in [2.24, 2.45) is 0 Å². The molecule has 2 aromatic carbocycles. The summed E-state index contributed by atoms with van der Waals surface area (Å²) in [5.74, 6) is 2.37. The van der Waals surface area contributed by atoms with Gasteiger partial charge in [-0.3, -0.25) is 4.79 Å². The SMILES string of the molecule is CCn1c(SCC(=O)NCc2ccc(Cl)cc2)nnc1C(C)Oc1ccc(OC)cc1. The lowest BCUT2D eigenvalue weighted by Gasteiger charge is -2.15. The van der Waals surface area contributed by atoms with Crippen LogP contribution in [0.5, 0.6) is 11.5 Å². The van der Waals surface area contributed by atoms with E-state index in [4.69, 9.17) is 21.1 Å². The highest BCUT2D eigenvalue weighted by Crippen LogP contribution is 2.25. The van der Waals surface area contributed by atoms with Crippen LogP contribution in [0.25, 0.3) is 0 Å². The first-order valence-electron chi connectivity index (χ1n) is 9.88. The lowest BCUT2D eigenvalue weighted by Crippen LogP contribution is -2.24. The van der Waals surface area contributed by atoms with Crippen molar-refractivity contribution in [3.63, 3.8) is 0 Å². The standard InChI is InChI=1S/C22H25ClN4O3S/c1-4-27-21(15(2)30-19-11-9-18(29-3)10-12-19)25-26-22(27)31-14-20(28)24-13-16-5-7-17(23)8-6-16/h5-12,15H,4,13-14H2,1-3H3,(H,24,28). The van der Waals surface area contributed by atoms with Gasteiger partial charge in [0, 0.05) is 18.1 Å². The highest BCUT2D eigenvalue weighted by Gasteiger charge is 2.19. The van der Waals surface area contributed by atoms with E-state index in [2.05, 4.69) is 15.5 Å². The summed E-state index contributed by atoms with van der Waals surface area (Å²) >= 11 is 7.23. The monoisotopic (exact) mass is 460 g/mol. The van der Waals surface area contributed by atoms with E-state index in [0.717, 1.165) is 17.1 Å². The molecule has 3 aromatic rings. The number of carbonyl (C=O) groups is 1. The predicted molar refractivity (Wildman–Crippen MR) is 122 cm³/mol. The van der Waals surface area contributed by atoms with Gasteiger partial charge in [0.15, 0.2) is 17.1 Å². The molecule has 0 fully saturated rings. The second-order valence-corrected chi connectivity index (χ2v) is 8.09. The first-order chi connectivity index (χ1) is 15.0. The van der Waals surface area contributed by atoms with Crippen molar-refractivity contribution in [1.82, 2.24) is 20.1 Å². The maximum Gasteiger partial charge on any atom is 0.230 e. The summed E-state index contributed by atoms with van der Waals surface area (Å²) in [6.45, 7) is 5.06. The summed E-state index contributed by atoms with van der Waals surface area (Å²) in [5.41, 5.74) is 0.992. The Hall–Kier alpha value is -2.71. The van der Waals surface area contributed by atoms with Crippen LogP contribution in [0.4, 0.5) is 0 Å². The molecule has 9 heteroatoms. The minimum Gasteiger partial charge on any atom is -0.497 e. The van der Waals surface area contributed by atoms with Crippen LogP contribution in [0.2, 0.25) is 5.02 Å². The third kappa shape index (κ3) is 6.38. The first kappa shape index (κ1) is 23.0. The molecule has 0 aliphatic heterocycles. The molecule has 0 spiro atoms. The molecule has 0 aliphatic carbocycles. The highest BCUT2D eigenvalue weighted by molar-refractivity contribution is 7.99. The predicted octanol–water partition coefficient (Wildman–Crippen LogP) is 4.51. The van der Waals surface area contributed by atoms with Crippen LogP contribution in [0.1, 0.15) is 31.3 Å². The summed E-state index contributed by atoms with van der Waals surface area (Å²) < 4.78 is 13.1. The molecule has 1 N–H and O–H groups in total. The molecule has 1 heterocycles. The van der Waals surface area contributed by atoms with E-state index in [1.807, 2.05) is 54.8 Å². The van der Waals surface area contributed by atoms with Crippen molar-refractivity contribution < 1.29 is 14.3 Å². The topological polar surface area (TPSA) is 78.3 Å². The Labute approximate surface area is 191 Å². The van der Waals surface area contributed by atoms with Gasteiger partial charge in [-0.2, -0.15) is 0 Å². The summed E-state index contributed by atoms with van der Waals surface area (Å²) in [6.07, 6.45) is -0.297. The third-order valence-electron chi connectivity index (χ3n) is 4.53. The van der Waals surface area contributed by atoms with Crippen molar-refractivity contribution in [1.29, 1.82) is 0 Å². The molecular weight excluding hydrogens is 436 g/mol. The van der Waals surface area contributed by atoms with Crippen molar-refractivity contribution in [3.05, 3.63) is 64.9 Å². The average Bonchev–Trinajstić information content (AvgIpc) is 3.21. The highest BCUT2D eigenvalue weighted by atomic mass is 35.5. The second-order valence-electron chi connectivity index (χ2n) is 6.71. The minimum absolute atomic E-state index is 0.0744. The fraction of sp³-hybridized carbons (Fsp3) is 0.318. The molecule has 0 aliphatic rings. The Morgan fingerprint density at radius 2 is 1.81 bits per heavy atom. The molecular formula is C22H25ClN4O3S. The molecule has 7 nitrogen and oxygen atoms in total. The van der Waals surface area contributed by atoms with Crippen LogP contribution in [0.3, 0.4) is 0 Å². The molecule has 31 heavy (non-hydrogen) atoms. The average molecular weight is 461 g/mol. The van der Waals surface area contributed by atoms with Crippen LogP contribution >= 0.6 is 23.4 Å². The number of nitrogens with one attached hydrogen (secondary N) is 1. The lowest BCUT2D eigenvalue weighted by molar-refractivity contribution is -0.118. The summed E-state index contributed by atoms with van der Waals surface area (Å²) in [7, 11) is 1.62. The van der Waals surface area contributed by atoms with E-state index in [1.165, 1.54) is 11.8 Å². The minimum atomic E-state index is -0.297. The molecule has 0 bridgehead atoms. The van der Waals surface area contributed by atoms with Gasteiger partial charge >= 0.3 is 0 Å². The maximum absolute atomic E-state index is 12.2. The number of thioether (sulfide) groups is 1. The number of amides is 1. The number of hydrogen-bond acceptors (Lipinski definition) is 6. The number of benzene rings is 2. The van der Waals surface area contributed by atoms with E-state index in [1.54, 1.807) is 19.2 Å². The van der Waals surface area contributed by atoms with E-state index in [-0.39, 0.29) is 17.8 Å². The number of carbonyl (C=O) groups excluding carboxylic acids is 1. The van der Waals surface area contributed by atoms with Crippen LogP contribution in [-0.2, 0) is 17.9 Å². The van der Waals surface area contributed by atoms with Crippen LogP contribution in [0, 0.1) is 0 Å². The molecule has 164 valence electrons. The van der Waals surface area contributed by atoms with Gasteiger partial charge in [0.25, 0.3) is 0 Å². The lowest BCUT2D eigenvalue weighted by atomic mass is 10.2. The van der Waals surface area contributed by atoms with E-state index in [9.17, 15) is 4.79 Å². The van der Waals surface area contributed by atoms with Gasteiger partial charge in [0.05, 0.1) is 12.9 Å². The fourth-order valence-electron chi connectivity index (χ4n) is 2.90. The van der Waals surface area contributed by atoms with E-state index in [0.29, 0.717) is 29.1 Å². The normalized spacial score (nSPS) is 11.7. The largest absolute Gasteiger partial charge is 0.497 e. The zero-order valence-electron chi connectivity index (χ0n) is 17.7. The fourth-order valence-corrected chi connectivity index (χ4v) is 3.87. The van der Waals surface area contributed by atoms with Crippen molar-refractivity contribution in [3.8, 4) is 11.5 Å². The molecule has 1 unspecified atom stereocenters. The molecule has 0 saturated heterocycles. The Balaban J connectivity index is 1.55. The zero-order valence-corrected chi connectivity index (χ0v) is 19.2. The number of aromatic nitrogens is 3. The molecule has 1 amide bonds. The van der Waals surface area contributed by atoms with Gasteiger partial charge in [0.2, 0.25) is 5.91 Å². The van der Waals surface area contributed by atoms with E-state index >= 15 is 0 Å². The van der Waals surface area contributed by atoms with Crippen LogP contribution in [0.15, 0.2) is 53.7 Å². The molecule has 1 aromatic heterocycles. The molecule has 1 atom stereocenters. The Bertz CT molecular complexity index is 993. The van der Waals surface area contributed by atoms with Crippen molar-refractivity contribution in [2.75, 3.05) is 12.9 Å². The summed E-state index contributed by atoms with van der Waals surface area (Å²) in [5, 5.41) is 12.8. The van der Waals surface area contributed by atoms with Gasteiger partial charge in [-0.25, -0.2) is 0 Å². The van der Waals surface area contributed by atoms with Gasteiger partial charge in [-0.15, -0.1) is 10.2 Å². The van der Waals surface area contributed by atoms with Crippen molar-refractivity contribution >= 4 is 29.3 Å². The zero-order chi connectivity index (χ0) is 22.2. The Kier molecular flexibility index (Phi) is 8.20. The Morgan fingerprint density at radius 3 is 2.45 bits per heavy atom. The van der Waals surface area contributed by atoms with Gasteiger partial charge in [-0.1, -0.05) is 35.5 Å². The quantitative estimate of drug-likeness (QED) is 0.448. The molecule has 3 rings (SSSR count). The van der Waals surface area contributed by atoms with Crippen LogP contribution < -0.4 is 14.8 Å². The molecule has 0 radical (unpaired) electrons. The summed E-state index contributed by atoms with van der Waals surface area (Å²) in [6, 6.07) is 14.8. The number of hydrogen-bond donors (Lipinski definition) is 1. The van der Waals surface area contributed by atoms with Gasteiger partial charge in [0.1, 0.15) is 11.5 Å². The van der Waals surface area contributed by atoms with Crippen molar-refractivity contribution in [2.45, 2.75) is 38.2 Å². The first-order valence-corrected chi connectivity index (χ1v) is 11.2. The number of methoxy groups -OCH3 is 1. The Morgan fingerprint density at radius 1 is 1.13 bits per heavy atom.